The summed E-state index contributed by atoms with van der Waals surface area (Å²) in [6, 6.07) is 8.11. The smallest absolute Gasteiger partial charge is 0.299 e. The molecule has 0 aliphatic rings. The van der Waals surface area contributed by atoms with Crippen molar-refractivity contribution in [3.05, 3.63) is 34.8 Å². The molecule has 0 N–H and O–H groups in total. The summed E-state index contributed by atoms with van der Waals surface area (Å²) in [6.45, 7) is 2.20. The summed E-state index contributed by atoms with van der Waals surface area (Å²) in [6.07, 6.45) is 3.55. The Bertz CT molecular complexity index is 484. The van der Waals surface area contributed by atoms with Gasteiger partial charge in [-0.2, -0.15) is 0 Å². The van der Waals surface area contributed by atoms with Gasteiger partial charge in [0.2, 0.25) is 0 Å². The van der Waals surface area contributed by atoms with Gasteiger partial charge in [-0.25, -0.2) is 0 Å². The summed E-state index contributed by atoms with van der Waals surface area (Å²) in [4.78, 5) is 0. The second-order valence-corrected chi connectivity index (χ2v) is 5.24. The van der Waals surface area contributed by atoms with Crippen molar-refractivity contribution in [2.45, 2.75) is 32.1 Å². The highest BCUT2D eigenvalue weighted by molar-refractivity contribution is 7.13. The zero-order valence-electron chi connectivity index (χ0n) is 10.2. The van der Waals surface area contributed by atoms with Gasteiger partial charge in [0.1, 0.15) is 10.8 Å². The SMILES string of the molecule is CCCCc1ccc(Oc2nnc(CCl)s2)cc1. The first kappa shape index (κ1) is 13.3. The van der Waals surface area contributed by atoms with Crippen molar-refractivity contribution in [2.24, 2.45) is 0 Å². The standard InChI is InChI=1S/C13H15ClN2OS/c1-2-3-4-10-5-7-11(8-6-10)17-13-16-15-12(9-14)18-13/h5-8H,2-4,9H2,1H3. The Kier molecular flexibility index (Phi) is 4.96. The number of rotatable bonds is 6. The maximum atomic E-state index is 5.66. The third-order valence-corrected chi connectivity index (χ3v) is 3.72. The van der Waals surface area contributed by atoms with Crippen LogP contribution in [0.1, 0.15) is 30.3 Å². The zero-order valence-corrected chi connectivity index (χ0v) is 11.8. The number of alkyl halides is 1. The van der Waals surface area contributed by atoms with Gasteiger partial charge in [0.15, 0.2) is 0 Å². The number of hydrogen-bond donors (Lipinski definition) is 0. The van der Waals surface area contributed by atoms with Crippen molar-refractivity contribution in [3.8, 4) is 10.9 Å². The van der Waals surface area contributed by atoms with E-state index >= 15 is 0 Å². The highest BCUT2D eigenvalue weighted by Gasteiger charge is 2.05. The summed E-state index contributed by atoms with van der Waals surface area (Å²) in [5, 5.41) is 9.12. The number of halogens is 1. The average Bonchev–Trinajstić information content (AvgIpc) is 2.86. The molecule has 0 unspecified atom stereocenters. The molecule has 3 nitrogen and oxygen atoms in total. The van der Waals surface area contributed by atoms with Crippen LogP contribution in [-0.4, -0.2) is 10.2 Å². The zero-order chi connectivity index (χ0) is 12.8. The fourth-order valence-electron chi connectivity index (χ4n) is 1.54. The van der Waals surface area contributed by atoms with E-state index < -0.39 is 0 Å². The van der Waals surface area contributed by atoms with E-state index in [1.54, 1.807) is 0 Å². The normalized spacial score (nSPS) is 10.6. The molecule has 2 aromatic rings. The molecule has 5 heteroatoms. The van der Waals surface area contributed by atoms with Crippen molar-refractivity contribution in [1.82, 2.24) is 10.2 Å². The van der Waals surface area contributed by atoms with E-state index in [0.717, 1.165) is 17.2 Å². The molecule has 96 valence electrons. The molecule has 1 heterocycles. The van der Waals surface area contributed by atoms with E-state index in [0.29, 0.717) is 11.1 Å². The lowest BCUT2D eigenvalue weighted by Gasteiger charge is -2.03. The highest BCUT2D eigenvalue weighted by Crippen LogP contribution is 2.25. The van der Waals surface area contributed by atoms with E-state index in [1.165, 1.54) is 29.7 Å². The molecule has 18 heavy (non-hydrogen) atoms. The summed E-state index contributed by atoms with van der Waals surface area (Å²) < 4.78 is 5.61. The van der Waals surface area contributed by atoms with Crippen LogP contribution in [0, 0.1) is 0 Å². The monoisotopic (exact) mass is 282 g/mol. The Morgan fingerprint density at radius 2 is 2.00 bits per heavy atom. The number of nitrogens with zero attached hydrogens (tertiary/aromatic N) is 2. The fourth-order valence-corrected chi connectivity index (χ4v) is 2.31. The maximum Gasteiger partial charge on any atom is 0.299 e. The van der Waals surface area contributed by atoms with Gasteiger partial charge in [-0.15, -0.1) is 16.7 Å². The van der Waals surface area contributed by atoms with E-state index in [1.807, 2.05) is 12.1 Å². The second kappa shape index (κ2) is 6.71. The minimum Gasteiger partial charge on any atom is -0.430 e. The third kappa shape index (κ3) is 3.68. The molecule has 2 rings (SSSR count). The molecule has 1 aromatic heterocycles. The van der Waals surface area contributed by atoms with Crippen molar-refractivity contribution in [3.63, 3.8) is 0 Å². The van der Waals surface area contributed by atoms with Crippen LogP contribution in [-0.2, 0) is 12.3 Å². The molecule has 0 amide bonds. The third-order valence-electron chi connectivity index (χ3n) is 2.51. The molecular formula is C13H15ClN2OS. The number of benzene rings is 1. The first-order valence-corrected chi connectivity index (χ1v) is 7.32. The summed E-state index contributed by atoms with van der Waals surface area (Å²) in [5.74, 6) is 1.16. The molecule has 0 aliphatic heterocycles. The quantitative estimate of drug-likeness (QED) is 0.736. The second-order valence-electron chi connectivity index (χ2n) is 3.94. The average molecular weight is 283 g/mol. The number of aromatic nitrogens is 2. The van der Waals surface area contributed by atoms with Gasteiger partial charge in [0.05, 0.1) is 5.88 Å². The van der Waals surface area contributed by atoms with Gasteiger partial charge in [0.25, 0.3) is 5.19 Å². The summed E-state index contributed by atoms with van der Waals surface area (Å²) in [7, 11) is 0. The van der Waals surface area contributed by atoms with Crippen LogP contribution in [0.25, 0.3) is 0 Å². The Morgan fingerprint density at radius 3 is 2.61 bits per heavy atom. The largest absolute Gasteiger partial charge is 0.430 e. The molecule has 0 spiro atoms. The fraction of sp³-hybridized carbons (Fsp3) is 0.385. The van der Waals surface area contributed by atoms with Crippen LogP contribution in [0.2, 0.25) is 0 Å². The van der Waals surface area contributed by atoms with Crippen molar-refractivity contribution >= 4 is 22.9 Å². The van der Waals surface area contributed by atoms with E-state index in [-0.39, 0.29) is 0 Å². The van der Waals surface area contributed by atoms with Crippen molar-refractivity contribution in [1.29, 1.82) is 0 Å². The van der Waals surface area contributed by atoms with Crippen LogP contribution >= 0.6 is 22.9 Å². The Balaban J connectivity index is 1.97. The molecule has 0 atom stereocenters. The summed E-state index contributed by atoms with van der Waals surface area (Å²) in [5.41, 5.74) is 1.34. The lowest BCUT2D eigenvalue weighted by molar-refractivity contribution is 0.473. The highest BCUT2D eigenvalue weighted by atomic mass is 35.5. The molecule has 0 bridgehead atoms. The number of ether oxygens (including phenoxy) is 1. The molecule has 0 radical (unpaired) electrons. The predicted octanol–water partition coefficient (Wildman–Crippen LogP) is 4.41. The van der Waals surface area contributed by atoms with Gasteiger partial charge in [-0.3, -0.25) is 0 Å². The molecule has 0 fully saturated rings. The Labute approximate surface area is 116 Å². The van der Waals surface area contributed by atoms with Crippen LogP contribution in [0.3, 0.4) is 0 Å². The molecule has 0 saturated carbocycles. The van der Waals surface area contributed by atoms with Gasteiger partial charge >= 0.3 is 0 Å². The first-order chi connectivity index (χ1) is 8.81. The van der Waals surface area contributed by atoms with Crippen LogP contribution in [0.5, 0.6) is 10.9 Å². The number of aryl methyl sites for hydroxylation is 1. The predicted molar refractivity (Wildman–Crippen MR) is 74.6 cm³/mol. The number of unbranched alkanes of at least 4 members (excludes halogenated alkanes) is 1. The maximum absolute atomic E-state index is 5.66. The van der Waals surface area contributed by atoms with Gasteiger partial charge < -0.3 is 4.74 Å². The first-order valence-electron chi connectivity index (χ1n) is 5.97. The van der Waals surface area contributed by atoms with E-state index in [2.05, 4.69) is 29.3 Å². The van der Waals surface area contributed by atoms with E-state index in [4.69, 9.17) is 16.3 Å². The Morgan fingerprint density at radius 1 is 1.22 bits per heavy atom. The summed E-state index contributed by atoms with van der Waals surface area (Å²) >= 11 is 7.03. The van der Waals surface area contributed by atoms with Gasteiger partial charge in [-0.05, 0) is 30.5 Å². The van der Waals surface area contributed by atoms with Crippen molar-refractivity contribution in [2.75, 3.05) is 0 Å². The van der Waals surface area contributed by atoms with Crippen LogP contribution in [0.4, 0.5) is 0 Å². The molecule has 0 saturated heterocycles. The van der Waals surface area contributed by atoms with Gasteiger partial charge in [-0.1, -0.05) is 41.9 Å². The van der Waals surface area contributed by atoms with E-state index in [9.17, 15) is 0 Å². The topological polar surface area (TPSA) is 35.0 Å². The molecule has 0 aliphatic carbocycles. The van der Waals surface area contributed by atoms with Crippen LogP contribution in [0.15, 0.2) is 24.3 Å². The van der Waals surface area contributed by atoms with Crippen LogP contribution < -0.4 is 4.74 Å². The lowest BCUT2D eigenvalue weighted by atomic mass is 10.1. The molecular weight excluding hydrogens is 268 g/mol. The van der Waals surface area contributed by atoms with Gasteiger partial charge in [0, 0.05) is 0 Å². The number of hydrogen-bond acceptors (Lipinski definition) is 4. The minimum atomic E-state index is 0.372. The minimum absolute atomic E-state index is 0.372. The van der Waals surface area contributed by atoms with Crippen molar-refractivity contribution < 1.29 is 4.74 Å². The lowest BCUT2D eigenvalue weighted by Crippen LogP contribution is -1.86. The molecule has 1 aromatic carbocycles. The Hall–Kier alpha value is -1.13.